The summed E-state index contributed by atoms with van der Waals surface area (Å²) in [6.07, 6.45) is 0.180. The fourth-order valence-corrected chi connectivity index (χ4v) is 2.58. The molecule has 5 heteroatoms. The van der Waals surface area contributed by atoms with Gasteiger partial charge in [0, 0.05) is 12.0 Å². The van der Waals surface area contributed by atoms with E-state index in [9.17, 15) is 10.0 Å². The Morgan fingerprint density at radius 2 is 2.00 bits per heavy atom. The van der Waals surface area contributed by atoms with Crippen LogP contribution in [-0.4, -0.2) is 11.1 Å². The third-order valence-corrected chi connectivity index (χ3v) is 3.84. The van der Waals surface area contributed by atoms with Crippen LogP contribution in [0.5, 0.6) is 5.75 Å². The molecule has 2 aromatic carbocycles. The van der Waals surface area contributed by atoms with Crippen molar-refractivity contribution in [2.75, 3.05) is 5.06 Å². The van der Waals surface area contributed by atoms with Crippen molar-refractivity contribution in [3.05, 3.63) is 58.1 Å². The molecular weight excluding hydrogens is 314 g/mol. The lowest BCUT2D eigenvalue weighted by Crippen LogP contribution is -2.27. The first-order chi connectivity index (χ1) is 10.9. The topological polar surface area (TPSA) is 49.8 Å². The highest BCUT2D eigenvalue weighted by Crippen LogP contribution is 2.31. The van der Waals surface area contributed by atoms with E-state index in [1.807, 2.05) is 32.0 Å². The number of hydrogen-bond donors (Lipinski definition) is 1. The van der Waals surface area contributed by atoms with E-state index in [-0.39, 0.29) is 18.7 Å². The number of benzene rings is 2. The average Bonchev–Trinajstić information content (AvgIpc) is 2.52. The average molecular weight is 334 g/mol. The van der Waals surface area contributed by atoms with Gasteiger partial charge in [0.05, 0.1) is 10.7 Å². The van der Waals surface area contributed by atoms with Crippen LogP contribution in [0.15, 0.2) is 36.4 Å². The molecule has 4 nitrogen and oxygen atoms in total. The molecule has 1 amide bonds. The molecule has 0 heterocycles. The van der Waals surface area contributed by atoms with Gasteiger partial charge in [-0.15, -0.1) is 0 Å². The second-order valence-corrected chi connectivity index (χ2v) is 5.77. The molecule has 122 valence electrons. The standard InChI is InChI=1S/C18H20ClNO3/c1-4-17(21)20(22)18-14(6-5-7-15(18)19)11-23-16-9-8-12(2)10-13(16)3/h5-10,22H,4,11H2,1-3H3. The molecule has 0 aromatic heterocycles. The number of aryl methyl sites for hydroxylation is 2. The van der Waals surface area contributed by atoms with Gasteiger partial charge in [-0.2, -0.15) is 5.06 Å². The van der Waals surface area contributed by atoms with E-state index in [0.29, 0.717) is 15.6 Å². The number of hydroxylamine groups is 1. The van der Waals surface area contributed by atoms with Crippen LogP contribution in [0.3, 0.4) is 0 Å². The zero-order chi connectivity index (χ0) is 17.0. The number of halogens is 1. The first kappa shape index (κ1) is 17.3. The van der Waals surface area contributed by atoms with E-state index in [1.165, 1.54) is 0 Å². The molecule has 0 radical (unpaired) electrons. The molecule has 0 aliphatic carbocycles. The number of carbonyl (C=O) groups excluding carboxylic acids is 1. The van der Waals surface area contributed by atoms with Crippen LogP contribution in [0.2, 0.25) is 5.02 Å². The van der Waals surface area contributed by atoms with Crippen molar-refractivity contribution in [1.29, 1.82) is 0 Å². The number of anilines is 1. The van der Waals surface area contributed by atoms with Gasteiger partial charge >= 0.3 is 0 Å². The van der Waals surface area contributed by atoms with Crippen molar-refractivity contribution in [3.63, 3.8) is 0 Å². The Morgan fingerprint density at radius 1 is 1.26 bits per heavy atom. The third kappa shape index (κ3) is 4.03. The van der Waals surface area contributed by atoms with Gasteiger partial charge in [-0.1, -0.05) is 48.4 Å². The maximum Gasteiger partial charge on any atom is 0.250 e. The van der Waals surface area contributed by atoms with Gasteiger partial charge in [-0.05, 0) is 31.5 Å². The minimum Gasteiger partial charge on any atom is -0.489 e. The van der Waals surface area contributed by atoms with Crippen molar-refractivity contribution in [3.8, 4) is 5.75 Å². The van der Waals surface area contributed by atoms with Crippen molar-refractivity contribution in [2.24, 2.45) is 0 Å². The lowest BCUT2D eigenvalue weighted by Gasteiger charge is -2.20. The lowest BCUT2D eigenvalue weighted by atomic mass is 10.1. The first-order valence-corrected chi connectivity index (χ1v) is 7.81. The molecule has 0 saturated heterocycles. The second-order valence-electron chi connectivity index (χ2n) is 5.36. The summed E-state index contributed by atoms with van der Waals surface area (Å²) in [6.45, 7) is 5.87. The number of rotatable bonds is 5. The van der Waals surface area contributed by atoms with E-state index in [2.05, 4.69) is 0 Å². The van der Waals surface area contributed by atoms with Gasteiger partial charge in [-0.3, -0.25) is 10.0 Å². The van der Waals surface area contributed by atoms with Crippen LogP contribution in [0.1, 0.15) is 30.0 Å². The van der Waals surface area contributed by atoms with E-state index in [1.54, 1.807) is 25.1 Å². The molecule has 0 atom stereocenters. The summed E-state index contributed by atoms with van der Waals surface area (Å²) in [5, 5.41) is 11.0. The van der Waals surface area contributed by atoms with Crippen molar-refractivity contribution < 1.29 is 14.7 Å². The fraction of sp³-hybridized carbons (Fsp3) is 0.278. The Bertz CT molecular complexity index is 715. The quantitative estimate of drug-likeness (QED) is 0.639. The largest absolute Gasteiger partial charge is 0.489 e. The van der Waals surface area contributed by atoms with Gasteiger partial charge < -0.3 is 4.74 Å². The minimum atomic E-state index is -0.425. The Labute approximate surface area is 141 Å². The zero-order valence-electron chi connectivity index (χ0n) is 13.5. The number of ether oxygens (including phenoxy) is 1. The number of carbonyl (C=O) groups is 1. The fourth-order valence-electron chi connectivity index (χ4n) is 2.30. The van der Waals surface area contributed by atoms with Crippen LogP contribution in [0, 0.1) is 13.8 Å². The summed E-state index contributed by atoms with van der Waals surface area (Å²) in [5.41, 5.74) is 3.10. The summed E-state index contributed by atoms with van der Waals surface area (Å²) in [4.78, 5) is 11.8. The van der Waals surface area contributed by atoms with Crippen molar-refractivity contribution >= 4 is 23.2 Å². The summed E-state index contributed by atoms with van der Waals surface area (Å²) >= 11 is 6.15. The molecule has 0 unspecified atom stereocenters. The smallest absolute Gasteiger partial charge is 0.250 e. The lowest BCUT2D eigenvalue weighted by molar-refractivity contribution is -0.123. The monoisotopic (exact) mass is 333 g/mol. The highest BCUT2D eigenvalue weighted by Gasteiger charge is 2.19. The predicted octanol–water partition coefficient (Wildman–Crippen LogP) is 4.67. The van der Waals surface area contributed by atoms with E-state index >= 15 is 0 Å². The van der Waals surface area contributed by atoms with Crippen LogP contribution in [0.4, 0.5) is 5.69 Å². The molecule has 0 fully saturated rings. The molecule has 0 aliphatic heterocycles. The molecule has 0 spiro atoms. The van der Waals surface area contributed by atoms with Crippen molar-refractivity contribution in [1.82, 2.24) is 0 Å². The predicted molar refractivity (Wildman–Crippen MR) is 91.3 cm³/mol. The highest BCUT2D eigenvalue weighted by molar-refractivity contribution is 6.33. The number of amides is 1. The van der Waals surface area contributed by atoms with Crippen LogP contribution in [0.25, 0.3) is 0 Å². The maximum atomic E-state index is 11.8. The number of hydrogen-bond acceptors (Lipinski definition) is 3. The van der Waals surface area contributed by atoms with E-state index < -0.39 is 5.91 Å². The van der Waals surface area contributed by atoms with Gasteiger partial charge in [0.2, 0.25) is 5.91 Å². The molecule has 23 heavy (non-hydrogen) atoms. The van der Waals surface area contributed by atoms with Crippen LogP contribution >= 0.6 is 11.6 Å². The van der Waals surface area contributed by atoms with Crippen molar-refractivity contribution in [2.45, 2.75) is 33.8 Å². The van der Waals surface area contributed by atoms with E-state index in [0.717, 1.165) is 16.9 Å². The number of nitrogens with zero attached hydrogens (tertiary/aromatic N) is 1. The van der Waals surface area contributed by atoms with Gasteiger partial charge in [-0.25, -0.2) is 0 Å². The summed E-state index contributed by atoms with van der Waals surface area (Å²) in [6, 6.07) is 11.1. The zero-order valence-corrected chi connectivity index (χ0v) is 14.2. The second kappa shape index (κ2) is 7.49. The maximum absolute atomic E-state index is 11.8. The summed E-state index contributed by atoms with van der Waals surface area (Å²) in [7, 11) is 0. The third-order valence-electron chi connectivity index (χ3n) is 3.53. The van der Waals surface area contributed by atoms with Crippen LogP contribution in [-0.2, 0) is 11.4 Å². The van der Waals surface area contributed by atoms with Gasteiger partial charge in [0.25, 0.3) is 0 Å². The highest BCUT2D eigenvalue weighted by atomic mass is 35.5. The Balaban J connectivity index is 2.26. The Kier molecular flexibility index (Phi) is 5.64. The first-order valence-electron chi connectivity index (χ1n) is 7.43. The molecule has 0 saturated carbocycles. The molecule has 0 aliphatic rings. The molecule has 2 aromatic rings. The Hall–Kier alpha value is -2.04. The molecule has 2 rings (SSSR count). The molecule has 1 N–H and O–H groups in total. The number of para-hydroxylation sites is 1. The minimum absolute atomic E-state index is 0.180. The SMILES string of the molecule is CCC(=O)N(O)c1c(Cl)cccc1COc1ccc(C)cc1C. The summed E-state index contributed by atoms with van der Waals surface area (Å²) in [5.74, 6) is 0.332. The molecular formula is C18H20ClNO3. The van der Waals surface area contributed by atoms with Crippen LogP contribution < -0.4 is 9.80 Å². The molecule has 0 bridgehead atoms. The normalized spacial score (nSPS) is 10.5. The van der Waals surface area contributed by atoms with Gasteiger partial charge in [0.1, 0.15) is 12.4 Å². The Morgan fingerprint density at radius 3 is 2.65 bits per heavy atom. The van der Waals surface area contributed by atoms with Gasteiger partial charge in [0.15, 0.2) is 0 Å². The van der Waals surface area contributed by atoms with E-state index in [4.69, 9.17) is 16.3 Å². The summed E-state index contributed by atoms with van der Waals surface area (Å²) < 4.78 is 5.83.